The standard InChI is InChI=1S/2C22H30O6.C18H24Cl3NO3.C6H8O4/c2*1-12-13(2)16(10-23-9-15-7-5-4-6-8-15)25-21(14(12)3)28-18-17-11-24-22(26-17)20-19(18)27-20;1-11-12(2)15(10-23-9-14-7-5-4-6-8-14)24-16(13(11)3)25-17(22)18(19,20)21;7-3-2-1-8-6(9-2)5-4(3)10-5/h2*4-8,12-14,16-22H,9-11H2,1-3H3;4-8,11-13,15-16,22H,9-10H2,1-3H3;2-7H,1H2/t12-,13-,14?,16?,17?,18+,19+,20?,21+,22+;12-,13-,14?,16?,17?,18+,19+,20?,21-,22+;11-,12-,13?,15?,16-;2?,3-,4-,5?,6-/m0001/s1. The molecular formula is C68H92Cl3NO19. The number of rotatable bonds is 17. The predicted octanol–water partition coefficient (Wildman–Crippen LogP) is 9.56. The number of halogens is 3. The second-order valence-corrected chi connectivity index (χ2v) is 29.1. The van der Waals surface area contributed by atoms with Crippen LogP contribution in [0.1, 0.15) is 79.0 Å². The summed E-state index contributed by atoms with van der Waals surface area (Å²) in [6, 6.07) is 30.4. The van der Waals surface area contributed by atoms with Crippen molar-refractivity contribution < 1.29 is 90.4 Å². The number of aliphatic hydroxyl groups excluding tert-OH is 1. The number of alkyl halides is 3. The fraction of sp³-hybridized carbons (Fsp3) is 0.721. The molecule has 30 atom stereocenters. The minimum absolute atomic E-state index is 0.00733. The highest BCUT2D eigenvalue weighted by Gasteiger charge is 2.65. The van der Waals surface area contributed by atoms with Crippen molar-refractivity contribution in [3.63, 3.8) is 0 Å². The van der Waals surface area contributed by atoms with Crippen LogP contribution in [0.5, 0.6) is 0 Å². The van der Waals surface area contributed by atoms with E-state index in [1.807, 2.05) is 73.7 Å². The van der Waals surface area contributed by atoms with E-state index in [2.05, 4.69) is 79.7 Å². The minimum Gasteiger partial charge on any atom is -0.448 e. The molecule has 0 spiro atoms. The summed E-state index contributed by atoms with van der Waals surface area (Å²) in [5, 5.41) is 17.1. The molecule has 6 bridgehead atoms. The Morgan fingerprint density at radius 3 is 1.13 bits per heavy atom. The number of nitrogens with one attached hydrogen (secondary N) is 1. The first-order chi connectivity index (χ1) is 43.8. The second-order valence-electron chi connectivity index (χ2n) is 26.8. The molecule has 12 unspecified atom stereocenters. The van der Waals surface area contributed by atoms with Crippen molar-refractivity contribution in [3.8, 4) is 0 Å². The number of fused-ring (bicyclic) bond motifs is 12. The predicted molar refractivity (Wildman–Crippen MR) is 331 cm³/mol. The average molecular weight is 1330 g/mol. The number of benzene rings is 3. The summed E-state index contributed by atoms with van der Waals surface area (Å²) in [6.45, 7) is 24.7. The van der Waals surface area contributed by atoms with Crippen LogP contribution in [-0.4, -0.2) is 184 Å². The van der Waals surface area contributed by atoms with Gasteiger partial charge in [0.1, 0.15) is 73.2 Å². The normalized spacial score (nSPS) is 44.2. The summed E-state index contributed by atoms with van der Waals surface area (Å²) in [4.78, 5) is 0. The lowest BCUT2D eigenvalue weighted by atomic mass is 9.79. The molecule has 0 amide bonds. The van der Waals surface area contributed by atoms with Crippen LogP contribution in [0.3, 0.4) is 0 Å². The lowest BCUT2D eigenvalue weighted by Crippen LogP contribution is -2.52. The third kappa shape index (κ3) is 16.1. The summed E-state index contributed by atoms with van der Waals surface area (Å²) in [5.41, 5.74) is 3.46. The number of epoxide rings is 3. The van der Waals surface area contributed by atoms with Gasteiger partial charge < -0.3 is 90.4 Å². The molecule has 12 aliphatic heterocycles. The summed E-state index contributed by atoms with van der Waals surface area (Å²) >= 11 is 17.1. The fourth-order valence-corrected chi connectivity index (χ4v) is 13.9. The van der Waals surface area contributed by atoms with E-state index in [4.69, 9.17) is 125 Å². The Kier molecular flexibility index (Phi) is 22.5. The molecule has 15 rings (SSSR count). The second kappa shape index (κ2) is 30.0. The molecule has 12 saturated heterocycles. The SMILES string of the molecule is CC1[C@@H](O[C@@H]2C3CO[C@H](O3)C3O[C@@H]32)OC(COCc2ccccc2)[C@@H](C)[C@@H]1C.CC1[C@H](OC(=N)C(Cl)(Cl)Cl)OC(COCc2ccccc2)[C@@H](C)[C@@H]1C.CC1[C@H](O[C@@H]2C3CO[C@H](O3)C3O[C@@H]32)OC(COCc2ccccc2)[C@@H](C)[C@@H]1C.O[C@@H]1C2CO[C@H](O2)C2O[C@@H]21. The van der Waals surface area contributed by atoms with Crippen LogP contribution in [0.25, 0.3) is 0 Å². The van der Waals surface area contributed by atoms with E-state index in [1.165, 1.54) is 11.1 Å². The molecule has 3 aromatic carbocycles. The first-order valence-corrected chi connectivity index (χ1v) is 33.8. The van der Waals surface area contributed by atoms with E-state index in [9.17, 15) is 5.11 Å². The first-order valence-electron chi connectivity index (χ1n) is 32.7. The Morgan fingerprint density at radius 1 is 0.418 bits per heavy atom. The Balaban J connectivity index is 0.000000122. The molecule has 12 aliphatic rings. The van der Waals surface area contributed by atoms with Gasteiger partial charge in [-0.1, -0.05) is 188 Å². The average Bonchev–Trinajstić information content (AvgIpc) is 1.61. The summed E-state index contributed by atoms with van der Waals surface area (Å²) < 4.78 is 103. The maximum Gasteiger partial charge on any atom is 0.265 e. The van der Waals surface area contributed by atoms with Crippen LogP contribution < -0.4 is 0 Å². The molecule has 0 radical (unpaired) electrons. The Morgan fingerprint density at radius 2 is 0.747 bits per heavy atom. The van der Waals surface area contributed by atoms with Crippen LogP contribution in [0.2, 0.25) is 0 Å². The van der Waals surface area contributed by atoms with E-state index in [0.717, 1.165) is 5.56 Å². The van der Waals surface area contributed by atoms with Crippen molar-refractivity contribution in [1.82, 2.24) is 0 Å². The Bertz CT molecular complexity index is 2670. The maximum atomic E-state index is 9.38. The molecule has 0 aromatic heterocycles. The number of ether oxygens (including phenoxy) is 18. The van der Waals surface area contributed by atoms with E-state index in [-0.39, 0.29) is 141 Å². The third-order valence-corrected chi connectivity index (χ3v) is 21.5. The molecule has 12 heterocycles. The summed E-state index contributed by atoms with van der Waals surface area (Å²) in [7, 11) is 0. The van der Waals surface area contributed by atoms with Crippen LogP contribution in [0, 0.1) is 58.7 Å². The smallest absolute Gasteiger partial charge is 0.265 e. The quantitative estimate of drug-likeness (QED) is 0.0556. The van der Waals surface area contributed by atoms with Gasteiger partial charge in [0.05, 0.1) is 77.8 Å². The lowest BCUT2D eigenvalue weighted by molar-refractivity contribution is -0.285. The molecule has 23 heteroatoms. The maximum absolute atomic E-state index is 9.38. The molecule has 3 aromatic rings. The highest BCUT2D eigenvalue weighted by atomic mass is 35.6. The minimum atomic E-state index is -1.89. The van der Waals surface area contributed by atoms with Crippen LogP contribution in [-0.2, 0) is 105 Å². The zero-order chi connectivity index (χ0) is 63.8. The molecular weight excluding hydrogens is 1240 g/mol. The monoisotopic (exact) mass is 1330 g/mol. The molecule has 0 aliphatic carbocycles. The number of aliphatic hydroxyl groups is 1. The number of hydrogen-bond donors (Lipinski definition) is 2. The largest absolute Gasteiger partial charge is 0.448 e. The number of hydrogen-bond acceptors (Lipinski definition) is 20. The van der Waals surface area contributed by atoms with Gasteiger partial charge in [-0.3, -0.25) is 5.41 Å². The molecule has 91 heavy (non-hydrogen) atoms. The van der Waals surface area contributed by atoms with Gasteiger partial charge in [0.15, 0.2) is 31.5 Å². The highest BCUT2D eigenvalue weighted by Crippen LogP contribution is 2.48. The van der Waals surface area contributed by atoms with Crippen molar-refractivity contribution in [2.45, 2.75) is 215 Å². The van der Waals surface area contributed by atoms with E-state index in [0.29, 0.717) is 89.1 Å². The lowest BCUT2D eigenvalue weighted by Gasteiger charge is -2.44. The Labute approximate surface area is 549 Å². The summed E-state index contributed by atoms with van der Waals surface area (Å²) in [5.74, 6) is 2.55. The molecule has 20 nitrogen and oxygen atoms in total. The Hall–Kier alpha value is -2.72. The van der Waals surface area contributed by atoms with Gasteiger partial charge in [-0.2, -0.15) is 0 Å². The van der Waals surface area contributed by atoms with Crippen LogP contribution >= 0.6 is 34.8 Å². The van der Waals surface area contributed by atoms with Crippen molar-refractivity contribution in [1.29, 1.82) is 5.41 Å². The highest BCUT2D eigenvalue weighted by molar-refractivity contribution is 6.76. The van der Waals surface area contributed by atoms with Crippen molar-refractivity contribution in [3.05, 3.63) is 108 Å². The van der Waals surface area contributed by atoms with Crippen LogP contribution in [0.15, 0.2) is 91.0 Å². The first kappa shape index (κ1) is 68.2. The van der Waals surface area contributed by atoms with Gasteiger partial charge in [-0.05, 0) is 52.2 Å². The summed E-state index contributed by atoms with van der Waals surface area (Å²) in [6.07, 6.45) is -2.76. The van der Waals surface area contributed by atoms with Gasteiger partial charge in [0.25, 0.3) is 3.79 Å². The zero-order valence-electron chi connectivity index (χ0n) is 53.3. The van der Waals surface area contributed by atoms with Gasteiger partial charge in [0, 0.05) is 17.8 Å². The van der Waals surface area contributed by atoms with Crippen molar-refractivity contribution in [2.24, 2.45) is 53.3 Å². The van der Waals surface area contributed by atoms with Gasteiger partial charge in [-0.25, -0.2) is 0 Å². The molecule has 12 fully saturated rings. The molecule has 0 saturated carbocycles. The molecule has 2 N–H and O–H groups in total. The van der Waals surface area contributed by atoms with Gasteiger partial charge in [-0.15, -0.1) is 0 Å². The van der Waals surface area contributed by atoms with Gasteiger partial charge in [0.2, 0.25) is 12.2 Å². The molecule has 504 valence electrons. The van der Waals surface area contributed by atoms with E-state index < -0.39 is 22.1 Å². The van der Waals surface area contributed by atoms with Crippen LogP contribution in [0.4, 0.5) is 0 Å². The zero-order valence-corrected chi connectivity index (χ0v) is 55.5. The van der Waals surface area contributed by atoms with Crippen molar-refractivity contribution >= 4 is 40.7 Å². The van der Waals surface area contributed by atoms with E-state index >= 15 is 0 Å². The van der Waals surface area contributed by atoms with Crippen molar-refractivity contribution in [2.75, 3.05) is 39.6 Å². The van der Waals surface area contributed by atoms with E-state index in [1.54, 1.807) is 0 Å². The fourth-order valence-electron chi connectivity index (χ4n) is 13.8. The van der Waals surface area contributed by atoms with Gasteiger partial charge >= 0.3 is 0 Å². The topological polar surface area (TPSA) is 220 Å². The third-order valence-electron chi connectivity index (χ3n) is 21.0.